The highest BCUT2D eigenvalue weighted by Gasteiger charge is 2.25. The molecule has 0 saturated heterocycles. The van der Waals surface area contributed by atoms with Crippen LogP contribution in [0.5, 0.6) is 0 Å². The smallest absolute Gasteiger partial charge is 0.163 e. The minimum Gasteiger partial charge on any atom is -0.294 e. The molecule has 2 heteroatoms. The lowest BCUT2D eigenvalue weighted by atomic mass is 10.1. The number of fused-ring (bicyclic) bond motifs is 1. The van der Waals surface area contributed by atoms with E-state index in [2.05, 4.69) is 11.9 Å². The van der Waals surface area contributed by atoms with Gasteiger partial charge < -0.3 is 0 Å². The van der Waals surface area contributed by atoms with Gasteiger partial charge in [0.15, 0.2) is 5.78 Å². The van der Waals surface area contributed by atoms with Gasteiger partial charge in [-0.05, 0) is 17.5 Å². The van der Waals surface area contributed by atoms with Crippen LogP contribution in [0.25, 0.3) is 0 Å². The summed E-state index contributed by atoms with van der Waals surface area (Å²) >= 11 is 0. The van der Waals surface area contributed by atoms with Crippen molar-refractivity contribution in [1.82, 2.24) is 4.98 Å². The summed E-state index contributed by atoms with van der Waals surface area (Å²) in [5.74, 6) is 0.626. The Bertz CT molecular complexity index is 306. The normalized spacial score (nSPS) is 21.9. The molecule has 1 aromatic heterocycles. The monoisotopic (exact) mass is 147 g/mol. The Morgan fingerprint density at radius 1 is 1.64 bits per heavy atom. The second-order valence-electron chi connectivity index (χ2n) is 2.99. The lowest BCUT2D eigenvalue weighted by Crippen LogP contribution is -1.90. The van der Waals surface area contributed by atoms with Crippen molar-refractivity contribution in [2.45, 2.75) is 19.3 Å². The molecule has 1 aliphatic carbocycles. The van der Waals surface area contributed by atoms with Gasteiger partial charge in [-0.3, -0.25) is 9.78 Å². The van der Waals surface area contributed by atoms with Crippen LogP contribution in [0.3, 0.4) is 0 Å². The van der Waals surface area contributed by atoms with Crippen molar-refractivity contribution < 1.29 is 4.79 Å². The second-order valence-corrected chi connectivity index (χ2v) is 2.99. The molecule has 11 heavy (non-hydrogen) atoms. The first kappa shape index (κ1) is 6.53. The molecule has 0 saturated carbocycles. The molecule has 56 valence electrons. The molecule has 0 aromatic carbocycles. The summed E-state index contributed by atoms with van der Waals surface area (Å²) in [6, 6.07) is 1.81. The summed E-state index contributed by atoms with van der Waals surface area (Å²) in [7, 11) is 0. The van der Waals surface area contributed by atoms with Crippen LogP contribution in [0.2, 0.25) is 0 Å². The van der Waals surface area contributed by atoms with Gasteiger partial charge in [-0.2, -0.15) is 0 Å². The van der Waals surface area contributed by atoms with Crippen LogP contribution in [-0.2, 0) is 0 Å². The van der Waals surface area contributed by atoms with Crippen molar-refractivity contribution in [2.24, 2.45) is 0 Å². The molecule has 1 aromatic rings. The Morgan fingerprint density at radius 3 is 3.18 bits per heavy atom. The van der Waals surface area contributed by atoms with E-state index >= 15 is 0 Å². The molecule has 2 nitrogen and oxygen atoms in total. The SMILES string of the molecule is C[C@H]1CC(=O)c2ccncc21. The predicted octanol–water partition coefficient (Wildman–Crippen LogP) is 1.77. The number of Topliss-reactive ketones (excluding diaryl/α,β-unsaturated/α-hetero) is 1. The van der Waals surface area contributed by atoms with Gasteiger partial charge in [-0.1, -0.05) is 6.92 Å². The Hall–Kier alpha value is -1.18. The molecule has 0 radical (unpaired) electrons. The standard InChI is InChI=1S/C9H9NO/c1-6-4-9(11)7-2-3-10-5-8(6)7/h2-3,5-6H,4H2,1H3/t6-/m0/s1. The number of hydrogen-bond donors (Lipinski definition) is 0. The Labute approximate surface area is 65.3 Å². The summed E-state index contributed by atoms with van der Waals surface area (Å²) in [5.41, 5.74) is 1.98. The van der Waals surface area contributed by atoms with Gasteiger partial charge in [0.1, 0.15) is 0 Å². The van der Waals surface area contributed by atoms with Crippen molar-refractivity contribution in [3.63, 3.8) is 0 Å². The van der Waals surface area contributed by atoms with Gasteiger partial charge in [0.2, 0.25) is 0 Å². The maximum absolute atomic E-state index is 11.2. The van der Waals surface area contributed by atoms with Gasteiger partial charge in [0, 0.05) is 24.4 Å². The zero-order valence-corrected chi connectivity index (χ0v) is 6.37. The summed E-state index contributed by atoms with van der Waals surface area (Å²) in [6.45, 7) is 2.06. The highest BCUT2D eigenvalue weighted by atomic mass is 16.1. The Balaban J connectivity index is 2.60. The van der Waals surface area contributed by atoms with Gasteiger partial charge >= 0.3 is 0 Å². The minimum atomic E-state index is 0.259. The molecular weight excluding hydrogens is 138 g/mol. The molecule has 0 unspecified atom stereocenters. The van der Waals surface area contributed by atoms with E-state index in [0.29, 0.717) is 12.3 Å². The first-order chi connectivity index (χ1) is 5.29. The van der Waals surface area contributed by atoms with Crippen LogP contribution in [-0.4, -0.2) is 10.8 Å². The Kier molecular flexibility index (Phi) is 1.28. The van der Waals surface area contributed by atoms with Gasteiger partial charge in [0.05, 0.1) is 0 Å². The highest BCUT2D eigenvalue weighted by Crippen LogP contribution is 2.30. The van der Waals surface area contributed by atoms with E-state index in [1.807, 2.05) is 0 Å². The molecule has 0 aliphatic heterocycles. The number of nitrogens with zero attached hydrogens (tertiary/aromatic N) is 1. The third-order valence-corrected chi connectivity index (χ3v) is 2.17. The van der Waals surface area contributed by atoms with E-state index in [1.54, 1.807) is 18.5 Å². The topological polar surface area (TPSA) is 30.0 Å². The van der Waals surface area contributed by atoms with E-state index in [9.17, 15) is 4.79 Å². The van der Waals surface area contributed by atoms with Crippen LogP contribution in [0.4, 0.5) is 0 Å². The first-order valence-corrected chi connectivity index (χ1v) is 3.76. The van der Waals surface area contributed by atoms with Crippen molar-refractivity contribution >= 4 is 5.78 Å². The van der Waals surface area contributed by atoms with E-state index in [4.69, 9.17) is 0 Å². The van der Waals surface area contributed by atoms with Gasteiger partial charge in [-0.15, -0.1) is 0 Å². The zero-order chi connectivity index (χ0) is 7.84. The highest BCUT2D eigenvalue weighted by molar-refractivity contribution is 6.00. The quantitative estimate of drug-likeness (QED) is 0.559. The molecule has 1 heterocycles. The van der Waals surface area contributed by atoms with Crippen molar-refractivity contribution in [2.75, 3.05) is 0 Å². The number of ketones is 1. The molecular formula is C9H9NO. The fourth-order valence-electron chi connectivity index (χ4n) is 1.55. The predicted molar refractivity (Wildman–Crippen MR) is 41.6 cm³/mol. The van der Waals surface area contributed by atoms with Crippen LogP contribution < -0.4 is 0 Å². The molecule has 0 spiro atoms. The summed E-state index contributed by atoms with van der Waals surface area (Å²) < 4.78 is 0. The number of aromatic nitrogens is 1. The van der Waals surface area contributed by atoms with Gasteiger partial charge in [-0.25, -0.2) is 0 Å². The molecule has 0 N–H and O–H groups in total. The minimum absolute atomic E-state index is 0.259. The molecule has 0 fully saturated rings. The maximum Gasteiger partial charge on any atom is 0.163 e. The number of rotatable bonds is 0. The Morgan fingerprint density at radius 2 is 2.45 bits per heavy atom. The lowest BCUT2D eigenvalue weighted by Gasteiger charge is -1.98. The fraction of sp³-hybridized carbons (Fsp3) is 0.333. The average molecular weight is 147 g/mol. The van der Waals surface area contributed by atoms with Crippen molar-refractivity contribution in [3.05, 3.63) is 29.6 Å². The number of carbonyl (C=O) groups is 1. The molecule has 0 amide bonds. The zero-order valence-electron chi connectivity index (χ0n) is 6.37. The number of hydrogen-bond acceptors (Lipinski definition) is 2. The van der Waals surface area contributed by atoms with Crippen LogP contribution >= 0.6 is 0 Å². The van der Waals surface area contributed by atoms with Crippen molar-refractivity contribution in [3.8, 4) is 0 Å². The molecule has 2 rings (SSSR count). The maximum atomic E-state index is 11.2. The van der Waals surface area contributed by atoms with Gasteiger partial charge in [0.25, 0.3) is 0 Å². The molecule has 0 bridgehead atoms. The van der Waals surface area contributed by atoms with Crippen LogP contribution in [0.15, 0.2) is 18.5 Å². The van der Waals surface area contributed by atoms with Crippen molar-refractivity contribution in [1.29, 1.82) is 0 Å². The molecule has 1 aliphatic rings. The average Bonchev–Trinajstić information content (AvgIpc) is 2.30. The van der Waals surface area contributed by atoms with E-state index < -0.39 is 0 Å². The third kappa shape index (κ3) is 0.862. The third-order valence-electron chi connectivity index (χ3n) is 2.17. The van der Waals surface area contributed by atoms with E-state index in [1.165, 1.54) is 0 Å². The van der Waals surface area contributed by atoms with E-state index in [-0.39, 0.29) is 5.78 Å². The number of carbonyl (C=O) groups excluding carboxylic acids is 1. The van der Waals surface area contributed by atoms with Crippen LogP contribution in [0.1, 0.15) is 35.2 Å². The summed E-state index contributed by atoms with van der Waals surface area (Å²) in [6.07, 6.45) is 4.13. The van der Waals surface area contributed by atoms with E-state index in [0.717, 1.165) is 11.1 Å². The lowest BCUT2D eigenvalue weighted by molar-refractivity contribution is 0.0990. The fourth-order valence-corrected chi connectivity index (χ4v) is 1.55. The second kappa shape index (κ2) is 2.16. The summed E-state index contributed by atoms with van der Waals surface area (Å²) in [5, 5.41) is 0. The largest absolute Gasteiger partial charge is 0.294 e. The first-order valence-electron chi connectivity index (χ1n) is 3.76. The summed E-state index contributed by atoms with van der Waals surface area (Å²) in [4.78, 5) is 15.2. The molecule has 1 atom stereocenters. The van der Waals surface area contributed by atoms with Crippen LogP contribution in [0, 0.1) is 0 Å². The number of pyridine rings is 1.